The molecule has 31 heavy (non-hydrogen) atoms. The van der Waals surface area contributed by atoms with Crippen molar-refractivity contribution >= 4 is 46.8 Å². The van der Waals surface area contributed by atoms with E-state index in [9.17, 15) is 14.4 Å². The topological polar surface area (TPSA) is 94.1 Å². The number of carbonyl (C=O) groups excluding carboxylic acids is 3. The van der Waals surface area contributed by atoms with Crippen molar-refractivity contribution in [3.05, 3.63) is 87.7 Å². The molecule has 2 aromatic carbocycles. The second kappa shape index (κ2) is 8.76. The lowest BCUT2D eigenvalue weighted by Crippen LogP contribution is -2.07. The van der Waals surface area contributed by atoms with Crippen LogP contribution in [0.3, 0.4) is 0 Å². The highest BCUT2D eigenvalue weighted by Crippen LogP contribution is 2.23. The standard InChI is InChI=1S/C23H16N2O5S/c1-14(26)24-17-9-7-16(8-10-17)21-25-19(22(27)30-21)13-15-4-2-5-18(12-15)29-23(28)20-6-3-11-31-20/h2-13H,1H3,(H,24,26)/b19-13+. The van der Waals surface area contributed by atoms with Crippen molar-refractivity contribution in [2.45, 2.75) is 6.92 Å². The number of rotatable bonds is 5. The number of amides is 1. The number of esters is 2. The number of ether oxygens (including phenoxy) is 2. The van der Waals surface area contributed by atoms with Crippen LogP contribution in [0.25, 0.3) is 6.08 Å². The maximum Gasteiger partial charge on any atom is 0.363 e. The van der Waals surface area contributed by atoms with E-state index in [0.29, 0.717) is 27.4 Å². The molecule has 4 rings (SSSR count). The van der Waals surface area contributed by atoms with Gasteiger partial charge >= 0.3 is 11.9 Å². The summed E-state index contributed by atoms with van der Waals surface area (Å²) in [6.07, 6.45) is 1.56. The van der Waals surface area contributed by atoms with Crippen LogP contribution in [0.1, 0.15) is 27.7 Å². The van der Waals surface area contributed by atoms with E-state index in [4.69, 9.17) is 9.47 Å². The Bertz CT molecular complexity index is 1210. The molecule has 3 aromatic rings. The molecule has 1 amide bonds. The highest BCUT2D eigenvalue weighted by atomic mass is 32.1. The van der Waals surface area contributed by atoms with Crippen molar-refractivity contribution in [3.8, 4) is 5.75 Å². The normalized spacial score (nSPS) is 14.2. The zero-order chi connectivity index (χ0) is 21.8. The Morgan fingerprint density at radius 1 is 1.10 bits per heavy atom. The van der Waals surface area contributed by atoms with Gasteiger partial charge in [-0.05, 0) is 59.5 Å². The third kappa shape index (κ3) is 4.93. The van der Waals surface area contributed by atoms with Gasteiger partial charge in [-0.15, -0.1) is 11.3 Å². The molecular formula is C23H16N2O5S. The van der Waals surface area contributed by atoms with Crippen molar-refractivity contribution in [2.75, 3.05) is 5.32 Å². The van der Waals surface area contributed by atoms with E-state index in [0.717, 1.165) is 0 Å². The third-order valence-electron chi connectivity index (χ3n) is 4.17. The molecule has 7 nitrogen and oxygen atoms in total. The second-order valence-electron chi connectivity index (χ2n) is 6.53. The maximum absolute atomic E-state index is 12.2. The number of cyclic esters (lactones) is 1. The Balaban J connectivity index is 1.52. The Morgan fingerprint density at radius 2 is 1.90 bits per heavy atom. The Labute approximate surface area is 181 Å². The summed E-state index contributed by atoms with van der Waals surface area (Å²) in [7, 11) is 0. The average Bonchev–Trinajstić information content (AvgIpc) is 3.39. The Morgan fingerprint density at radius 3 is 2.61 bits per heavy atom. The number of hydrogen-bond acceptors (Lipinski definition) is 7. The summed E-state index contributed by atoms with van der Waals surface area (Å²) >= 11 is 1.30. The van der Waals surface area contributed by atoms with Gasteiger partial charge in [0.1, 0.15) is 10.6 Å². The lowest BCUT2D eigenvalue weighted by atomic mass is 10.2. The SMILES string of the molecule is CC(=O)Nc1ccc(C2=N/C(=C/c3cccc(OC(=O)c4cccs4)c3)C(=O)O2)cc1. The number of thiophene rings is 1. The molecule has 0 unspecified atom stereocenters. The van der Waals surface area contributed by atoms with Crippen LogP contribution in [0.4, 0.5) is 5.69 Å². The lowest BCUT2D eigenvalue weighted by Gasteiger charge is -2.03. The molecule has 0 aliphatic carbocycles. The van der Waals surface area contributed by atoms with E-state index in [1.807, 2.05) is 0 Å². The highest BCUT2D eigenvalue weighted by molar-refractivity contribution is 7.12. The van der Waals surface area contributed by atoms with Gasteiger partial charge in [0.15, 0.2) is 5.70 Å². The van der Waals surface area contributed by atoms with Crippen molar-refractivity contribution in [3.63, 3.8) is 0 Å². The van der Waals surface area contributed by atoms with Gasteiger partial charge in [-0.1, -0.05) is 18.2 Å². The Kier molecular flexibility index (Phi) is 5.72. The molecule has 0 saturated heterocycles. The van der Waals surface area contributed by atoms with Crippen LogP contribution >= 0.6 is 11.3 Å². The van der Waals surface area contributed by atoms with Crippen LogP contribution in [-0.4, -0.2) is 23.7 Å². The van der Waals surface area contributed by atoms with E-state index in [2.05, 4.69) is 10.3 Å². The quantitative estimate of drug-likeness (QED) is 0.369. The predicted octanol–water partition coefficient (Wildman–Crippen LogP) is 4.27. The first kappa shape index (κ1) is 20.2. The van der Waals surface area contributed by atoms with Crippen LogP contribution in [-0.2, 0) is 14.3 Å². The maximum atomic E-state index is 12.2. The minimum absolute atomic E-state index is 0.127. The first-order valence-electron chi connectivity index (χ1n) is 9.24. The zero-order valence-corrected chi connectivity index (χ0v) is 17.1. The summed E-state index contributed by atoms with van der Waals surface area (Å²) in [6.45, 7) is 1.42. The second-order valence-corrected chi connectivity index (χ2v) is 7.48. The number of anilines is 1. The molecule has 0 bridgehead atoms. The van der Waals surface area contributed by atoms with Crippen molar-refractivity contribution in [1.82, 2.24) is 0 Å². The summed E-state index contributed by atoms with van der Waals surface area (Å²) in [5.41, 5.74) is 1.99. The first-order valence-corrected chi connectivity index (χ1v) is 10.1. The molecule has 154 valence electrons. The van der Waals surface area contributed by atoms with Crippen LogP contribution < -0.4 is 10.1 Å². The van der Waals surface area contributed by atoms with Gasteiger partial charge in [-0.2, -0.15) is 0 Å². The number of carbonyl (C=O) groups is 3. The number of hydrogen-bond donors (Lipinski definition) is 1. The third-order valence-corrected chi connectivity index (χ3v) is 5.02. The molecule has 0 fully saturated rings. The Hall–Kier alpha value is -4.04. The summed E-state index contributed by atoms with van der Waals surface area (Å²) in [5.74, 6) is -0.668. The first-order chi connectivity index (χ1) is 15.0. The average molecular weight is 432 g/mol. The molecule has 1 aromatic heterocycles. The fraction of sp³-hybridized carbons (Fsp3) is 0.0435. The highest BCUT2D eigenvalue weighted by Gasteiger charge is 2.24. The summed E-state index contributed by atoms with van der Waals surface area (Å²) in [5, 5.41) is 4.46. The van der Waals surface area contributed by atoms with E-state index in [1.54, 1.807) is 72.1 Å². The van der Waals surface area contributed by atoms with Gasteiger partial charge in [0.25, 0.3) is 0 Å². The van der Waals surface area contributed by atoms with Gasteiger partial charge in [0.2, 0.25) is 11.8 Å². The summed E-state index contributed by atoms with van der Waals surface area (Å²) in [6, 6.07) is 17.0. The number of nitrogens with zero attached hydrogens (tertiary/aromatic N) is 1. The van der Waals surface area contributed by atoms with Crippen molar-refractivity contribution < 1.29 is 23.9 Å². The monoisotopic (exact) mass is 432 g/mol. The molecule has 1 N–H and O–H groups in total. The van der Waals surface area contributed by atoms with Crippen LogP contribution in [0.15, 0.2) is 76.7 Å². The summed E-state index contributed by atoms with van der Waals surface area (Å²) in [4.78, 5) is 40.3. The fourth-order valence-corrected chi connectivity index (χ4v) is 3.41. The van der Waals surface area contributed by atoms with Gasteiger partial charge in [0, 0.05) is 18.2 Å². The predicted molar refractivity (Wildman–Crippen MR) is 117 cm³/mol. The van der Waals surface area contributed by atoms with Gasteiger partial charge in [-0.25, -0.2) is 14.6 Å². The van der Waals surface area contributed by atoms with E-state index in [1.165, 1.54) is 18.3 Å². The van der Waals surface area contributed by atoms with E-state index in [-0.39, 0.29) is 17.5 Å². The molecule has 0 spiro atoms. The van der Waals surface area contributed by atoms with Crippen molar-refractivity contribution in [1.29, 1.82) is 0 Å². The molecule has 1 aliphatic heterocycles. The lowest BCUT2D eigenvalue weighted by molar-refractivity contribution is -0.129. The van der Waals surface area contributed by atoms with Gasteiger partial charge in [0.05, 0.1) is 0 Å². The van der Waals surface area contributed by atoms with Gasteiger partial charge in [-0.3, -0.25) is 4.79 Å². The smallest absolute Gasteiger partial charge is 0.363 e. The van der Waals surface area contributed by atoms with E-state index >= 15 is 0 Å². The van der Waals surface area contributed by atoms with Crippen molar-refractivity contribution in [2.24, 2.45) is 4.99 Å². The molecule has 8 heteroatoms. The fourth-order valence-electron chi connectivity index (χ4n) is 2.81. The largest absolute Gasteiger partial charge is 0.422 e. The zero-order valence-electron chi connectivity index (χ0n) is 16.3. The number of nitrogens with one attached hydrogen (secondary N) is 1. The molecule has 0 saturated carbocycles. The number of benzene rings is 2. The van der Waals surface area contributed by atoms with Crippen LogP contribution in [0, 0.1) is 0 Å². The summed E-state index contributed by atoms with van der Waals surface area (Å²) < 4.78 is 10.6. The minimum Gasteiger partial charge on any atom is -0.422 e. The molecule has 2 heterocycles. The van der Waals surface area contributed by atoms with Crippen LogP contribution in [0.2, 0.25) is 0 Å². The van der Waals surface area contributed by atoms with Gasteiger partial charge < -0.3 is 14.8 Å². The molecular weight excluding hydrogens is 416 g/mol. The minimum atomic E-state index is -0.582. The van der Waals surface area contributed by atoms with Crippen LogP contribution in [0.5, 0.6) is 5.75 Å². The molecule has 1 aliphatic rings. The number of aliphatic imine (C=N–C) groups is 1. The molecule has 0 atom stereocenters. The molecule has 0 radical (unpaired) electrons. The van der Waals surface area contributed by atoms with E-state index < -0.39 is 11.9 Å².